The van der Waals surface area contributed by atoms with E-state index < -0.39 is 5.97 Å². The molecule has 0 spiro atoms. The summed E-state index contributed by atoms with van der Waals surface area (Å²) in [4.78, 5) is 11.1. The minimum Gasteiger partial charge on any atom is -0.481 e. The summed E-state index contributed by atoms with van der Waals surface area (Å²) < 4.78 is 0. The number of nitrogens with one attached hydrogen (secondary N) is 1. The first-order valence-corrected chi connectivity index (χ1v) is 10.7. The van der Waals surface area contributed by atoms with Gasteiger partial charge in [-0.3, -0.25) is 4.79 Å². The Labute approximate surface area is 158 Å². The van der Waals surface area contributed by atoms with Gasteiger partial charge in [0, 0.05) is 18.5 Å². The smallest absolute Gasteiger partial charge is 0.303 e. The van der Waals surface area contributed by atoms with Crippen molar-refractivity contribution in [3.8, 4) is 0 Å². The molecule has 2 aliphatic carbocycles. The summed E-state index contributed by atoms with van der Waals surface area (Å²) in [6.07, 6.45) is 14.2. The number of rotatable bonds is 8. The Hall–Kier alpha value is -1.35. The van der Waals surface area contributed by atoms with Crippen LogP contribution in [0.2, 0.25) is 0 Å². The Kier molecular flexibility index (Phi) is 7.55. The summed E-state index contributed by atoms with van der Waals surface area (Å²) in [6.45, 7) is 0. The van der Waals surface area contributed by atoms with Crippen LogP contribution in [0.5, 0.6) is 0 Å². The standard InChI is InChI=1S/C23H35NO2/c25-23(26)16-15-20(17-18-9-3-1-4-10-18)24-22-14-8-7-13-21(22)19-11-5-2-6-12-19/h1,3-4,9-10,19-22,24H,2,5-8,11-17H2,(H,25,26). The van der Waals surface area contributed by atoms with Crippen molar-refractivity contribution in [1.82, 2.24) is 5.32 Å². The van der Waals surface area contributed by atoms with E-state index in [-0.39, 0.29) is 12.5 Å². The molecule has 26 heavy (non-hydrogen) atoms. The zero-order chi connectivity index (χ0) is 18.2. The first-order chi connectivity index (χ1) is 12.7. The third-order valence-electron chi connectivity index (χ3n) is 6.56. The number of benzene rings is 1. The van der Waals surface area contributed by atoms with Crippen LogP contribution in [0.15, 0.2) is 30.3 Å². The molecule has 0 aliphatic heterocycles. The molecule has 3 heteroatoms. The summed E-state index contributed by atoms with van der Waals surface area (Å²) >= 11 is 0. The lowest BCUT2D eigenvalue weighted by atomic mass is 9.70. The van der Waals surface area contributed by atoms with Crippen molar-refractivity contribution in [3.05, 3.63) is 35.9 Å². The highest BCUT2D eigenvalue weighted by Gasteiger charge is 2.33. The maximum Gasteiger partial charge on any atom is 0.303 e. The molecule has 0 aromatic heterocycles. The van der Waals surface area contributed by atoms with Crippen LogP contribution in [-0.2, 0) is 11.2 Å². The van der Waals surface area contributed by atoms with E-state index in [9.17, 15) is 4.79 Å². The first kappa shape index (κ1) is 19.4. The zero-order valence-corrected chi connectivity index (χ0v) is 16.0. The van der Waals surface area contributed by atoms with Crippen molar-refractivity contribution in [3.63, 3.8) is 0 Å². The van der Waals surface area contributed by atoms with Gasteiger partial charge in [-0.25, -0.2) is 0 Å². The van der Waals surface area contributed by atoms with Gasteiger partial charge in [0.1, 0.15) is 0 Å². The van der Waals surface area contributed by atoms with Crippen LogP contribution in [-0.4, -0.2) is 23.2 Å². The van der Waals surface area contributed by atoms with E-state index in [1.807, 2.05) is 6.07 Å². The molecular formula is C23H35NO2. The van der Waals surface area contributed by atoms with Gasteiger partial charge in [0.2, 0.25) is 0 Å². The molecule has 3 rings (SSSR count). The molecule has 2 aliphatic rings. The van der Waals surface area contributed by atoms with Crippen LogP contribution in [0.1, 0.15) is 76.2 Å². The second-order valence-electron chi connectivity index (χ2n) is 8.44. The van der Waals surface area contributed by atoms with Crippen LogP contribution in [0.3, 0.4) is 0 Å². The molecular weight excluding hydrogens is 322 g/mol. The van der Waals surface area contributed by atoms with Crippen molar-refractivity contribution in [2.75, 3.05) is 0 Å². The van der Waals surface area contributed by atoms with E-state index in [0.29, 0.717) is 6.04 Å². The Morgan fingerprint density at radius 3 is 2.42 bits per heavy atom. The third-order valence-corrected chi connectivity index (χ3v) is 6.56. The average Bonchev–Trinajstić information content (AvgIpc) is 2.68. The van der Waals surface area contributed by atoms with Crippen molar-refractivity contribution in [2.45, 2.75) is 89.1 Å². The molecule has 0 saturated heterocycles. The molecule has 0 heterocycles. The summed E-state index contributed by atoms with van der Waals surface area (Å²) in [6, 6.07) is 11.4. The van der Waals surface area contributed by atoms with Gasteiger partial charge in [-0.2, -0.15) is 0 Å². The van der Waals surface area contributed by atoms with Crippen molar-refractivity contribution in [1.29, 1.82) is 0 Å². The van der Waals surface area contributed by atoms with Crippen molar-refractivity contribution < 1.29 is 9.90 Å². The molecule has 0 bridgehead atoms. The predicted octanol–water partition coefficient (Wildman–Crippen LogP) is 5.19. The van der Waals surface area contributed by atoms with Gasteiger partial charge in [0.15, 0.2) is 0 Å². The summed E-state index contributed by atoms with van der Waals surface area (Å²) in [5.74, 6) is 1.00. The van der Waals surface area contributed by atoms with Gasteiger partial charge in [0.05, 0.1) is 0 Å². The van der Waals surface area contributed by atoms with E-state index in [4.69, 9.17) is 5.11 Å². The summed E-state index contributed by atoms with van der Waals surface area (Å²) in [5.41, 5.74) is 1.31. The normalized spacial score (nSPS) is 25.7. The zero-order valence-electron chi connectivity index (χ0n) is 16.0. The summed E-state index contributed by atoms with van der Waals surface area (Å²) in [7, 11) is 0. The van der Waals surface area contributed by atoms with Crippen LogP contribution in [0, 0.1) is 11.8 Å². The highest BCUT2D eigenvalue weighted by Crippen LogP contribution is 2.38. The second-order valence-corrected chi connectivity index (χ2v) is 8.44. The molecule has 2 N–H and O–H groups in total. The Morgan fingerprint density at radius 1 is 1.00 bits per heavy atom. The monoisotopic (exact) mass is 357 g/mol. The highest BCUT2D eigenvalue weighted by atomic mass is 16.4. The van der Waals surface area contributed by atoms with Crippen molar-refractivity contribution >= 4 is 5.97 Å². The minimum atomic E-state index is -0.683. The van der Waals surface area contributed by atoms with E-state index in [1.54, 1.807) is 0 Å². The fourth-order valence-electron chi connectivity index (χ4n) is 5.24. The fourth-order valence-corrected chi connectivity index (χ4v) is 5.24. The van der Waals surface area contributed by atoms with Gasteiger partial charge in [-0.1, -0.05) is 75.3 Å². The van der Waals surface area contributed by atoms with Crippen LogP contribution < -0.4 is 5.32 Å². The number of carboxylic acids is 1. The van der Waals surface area contributed by atoms with Crippen molar-refractivity contribution in [2.24, 2.45) is 11.8 Å². The van der Waals surface area contributed by atoms with Gasteiger partial charge in [-0.05, 0) is 43.1 Å². The Balaban J connectivity index is 1.65. The van der Waals surface area contributed by atoms with Gasteiger partial charge in [0.25, 0.3) is 0 Å². The highest BCUT2D eigenvalue weighted by molar-refractivity contribution is 5.66. The fraction of sp³-hybridized carbons (Fsp3) is 0.696. The Bertz CT molecular complexity index is 538. The third kappa shape index (κ3) is 5.84. The van der Waals surface area contributed by atoms with Crippen LogP contribution >= 0.6 is 0 Å². The lowest BCUT2D eigenvalue weighted by molar-refractivity contribution is -0.137. The number of aliphatic carboxylic acids is 1. The average molecular weight is 358 g/mol. The molecule has 3 unspecified atom stereocenters. The van der Waals surface area contributed by atoms with Crippen LogP contribution in [0.25, 0.3) is 0 Å². The van der Waals surface area contributed by atoms with E-state index in [0.717, 1.165) is 24.7 Å². The molecule has 2 fully saturated rings. The number of hydrogen-bond donors (Lipinski definition) is 2. The Morgan fingerprint density at radius 2 is 1.69 bits per heavy atom. The number of carbonyl (C=O) groups is 1. The van der Waals surface area contributed by atoms with E-state index in [1.165, 1.54) is 63.4 Å². The minimum absolute atomic E-state index is 0.255. The van der Waals surface area contributed by atoms with Gasteiger partial charge in [-0.15, -0.1) is 0 Å². The van der Waals surface area contributed by atoms with E-state index >= 15 is 0 Å². The maximum atomic E-state index is 11.1. The topological polar surface area (TPSA) is 49.3 Å². The first-order valence-electron chi connectivity index (χ1n) is 10.7. The molecule has 1 aromatic carbocycles. The molecule has 0 amide bonds. The quantitative estimate of drug-likeness (QED) is 0.673. The lowest BCUT2D eigenvalue weighted by Crippen LogP contribution is -2.47. The lowest BCUT2D eigenvalue weighted by Gasteiger charge is -2.41. The van der Waals surface area contributed by atoms with E-state index in [2.05, 4.69) is 29.6 Å². The maximum absolute atomic E-state index is 11.1. The van der Waals surface area contributed by atoms with Gasteiger partial charge < -0.3 is 10.4 Å². The summed E-state index contributed by atoms with van der Waals surface area (Å²) in [5, 5.41) is 13.1. The van der Waals surface area contributed by atoms with Crippen LogP contribution in [0.4, 0.5) is 0 Å². The molecule has 0 radical (unpaired) electrons. The SMILES string of the molecule is O=C(O)CCC(Cc1ccccc1)NC1CCCCC1C1CCCCC1. The molecule has 2 saturated carbocycles. The molecule has 3 atom stereocenters. The number of hydrogen-bond acceptors (Lipinski definition) is 2. The largest absolute Gasteiger partial charge is 0.481 e. The number of carboxylic acid groups (broad SMARTS) is 1. The van der Waals surface area contributed by atoms with Gasteiger partial charge >= 0.3 is 5.97 Å². The molecule has 1 aromatic rings. The predicted molar refractivity (Wildman–Crippen MR) is 106 cm³/mol. The molecule has 3 nitrogen and oxygen atoms in total. The second kappa shape index (κ2) is 10.1. The molecule has 144 valence electrons.